The van der Waals surface area contributed by atoms with E-state index in [-0.39, 0.29) is 5.78 Å². The summed E-state index contributed by atoms with van der Waals surface area (Å²) in [5, 5.41) is 16.1. The van der Waals surface area contributed by atoms with Crippen molar-refractivity contribution in [3.63, 3.8) is 0 Å². The number of carbonyl (C=O) groups is 2. The summed E-state index contributed by atoms with van der Waals surface area (Å²) in [4.78, 5) is 40.0. The molecule has 0 unspecified atom stereocenters. The predicted molar refractivity (Wildman–Crippen MR) is 149 cm³/mol. The summed E-state index contributed by atoms with van der Waals surface area (Å²) in [6.45, 7) is 8.87. The molecule has 0 amide bonds. The quantitative estimate of drug-likeness (QED) is 0.273. The molecule has 0 bridgehead atoms. The van der Waals surface area contributed by atoms with Gasteiger partial charge < -0.3 is 14.9 Å². The molecule has 198 valence electrons. The number of Topliss-reactive ketones (excluding diaryl/α,β-unsaturated/α-hetero) is 1. The minimum atomic E-state index is -0.886. The van der Waals surface area contributed by atoms with Crippen molar-refractivity contribution in [2.75, 3.05) is 24.5 Å². The molecule has 1 fully saturated rings. The zero-order valence-electron chi connectivity index (χ0n) is 21.9. The molecule has 5 rings (SSSR count). The second-order valence-corrected chi connectivity index (χ2v) is 10.5. The summed E-state index contributed by atoms with van der Waals surface area (Å²) < 4.78 is 1.69. The van der Waals surface area contributed by atoms with Crippen LogP contribution in [0.1, 0.15) is 50.4 Å². The molecule has 1 aliphatic rings. The summed E-state index contributed by atoms with van der Waals surface area (Å²) in [7, 11) is 0. The highest BCUT2D eigenvalue weighted by Gasteiger charge is 2.35. The maximum atomic E-state index is 13.4. The Morgan fingerprint density at radius 1 is 1.18 bits per heavy atom. The Bertz CT molecular complexity index is 1450. The molecule has 0 saturated carbocycles. The minimum absolute atomic E-state index is 0.0185. The summed E-state index contributed by atoms with van der Waals surface area (Å²) in [6.07, 6.45) is 5.26. The fraction of sp³-hybridized carbons (Fsp3) is 0.393. The first-order chi connectivity index (χ1) is 18.4. The second-order valence-electron chi connectivity index (χ2n) is 9.58. The number of hydrogen-bond donors (Lipinski definition) is 1. The Hall–Kier alpha value is -3.63. The number of aliphatic carboxylic acids is 1. The van der Waals surface area contributed by atoms with Crippen LogP contribution in [-0.2, 0) is 4.79 Å². The number of rotatable bonds is 11. The zero-order valence-corrected chi connectivity index (χ0v) is 22.7. The van der Waals surface area contributed by atoms with Crippen LogP contribution in [0.4, 0.5) is 5.82 Å². The molecule has 5 heterocycles. The molecule has 2 atom stereocenters. The lowest BCUT2D eigenvalue weighted by atomic mass is 9.99. The fourth-order valence-corrected chi connectivity index (χ4v) is 5.70. The van der Waals surface area contributed by atoms with Crippen LogP contribution in [0.25, 0.3) is 27.5 Å². The van der Waals surface area contributed by atoms with Gasteiger partial charge in [-0.3, -0.25) is 4.79 Å². The van der Waals surface area contributed by atoms with Crippen molar-refractivity contribution >= 4 is 34.6 Å². The number of carbonyl (C=O) groups excluding carboxylic acids is 1. The van der Waals surface area contributed by atoms with Crippen LogP contribution in [-0.4, -0.2) is 73.1 Å². The van der Waals surface area contributed by atoms with Gasteiger partial charge in [-0.2, -0.15) is 5.10 Å². The van der Waals surface area contributed by atoms with Gasteiger partial charge in [0, 0.05) is 30.8 Å². The molecule has 38 heavy (non-hydrogen) atoms. The highest BCUT2D eigenvalue weighted by atomic mass is 32.1. The van der Waals surface area contributed by atoms with Gasteiger partial charge in [-0.1, -0.05) is 19.9 Å². The van der Waals surface area contributed by atoms with Crippen molar-refractivity contribution in [2.24, 2.45) is 0 Å². The maximum Gasteiger partial charge on any atom is 0.326 e. The summed E-state index contributed by atoms with van der Waals surface area (Å²) in [6, 6.07) is 9.10. The molecule has 4 aromatic heterocycles. The zero-order chi connectivity index (χ0) is 26.8. The highest BCUT2D eigenvalue weighted by molar-refractivity contribution is 7.13. The van der Waals surface area contributed by atoms with E-state index in [2.05, 4.69) is 30.8 Å². The Morgan fingerprint density at radius 2 is 2.00 bits per heavy atom. The van der Waals surface area contributed by atoms with Crippen molar-refractivity contribution < 1.29 is 14.7 Å². The van der Waals surface area contributed by atoms with E-state index in [9.17, 15) is 14.7 Å². The average Bonchev–Trinajstić information content (AvgIpc) is 3.57. The molecular weight excluding hydrogens is 500 g/mol. The average molecular weight is 533 g/mol. The smallest absolute Gasteiger partial charge is 0.326 e. The first-order valence-corrected chi connectivity index (χ1v) is 13.9. The molecule has 1 aliphatic heterocycles. The Labute approximate surface area is 225 Å². The lowest BCUT2D eigenvalue weighted by Gasteiger charge is -2.39. The predicted octanol–water partition coefficient (Wildman–Crippen LogP) is 4.88. The number of carboxylic acid groups (broad SMARTS) is 1. The van der Waals surface area contributed by atoms with E-state index in [4.69, 9.17) is 9.97 Å². The van der Waals surface area contributed by atoms with Crippen molar-refractivity contribution in [2.45, 2.75) is 52.1 Å². The lowest BCUT2D eigenvalue weighted by molar-refractivity contribution is -0.140. The van der Waals surface area contributed by atoms with Crippen molar-refractivity contribution in [1.82, 2.24) is 24.5 Å². The van der Waals surface area contributed by atoms with Crippen LogP contribution >= 0.6 is 11.3 Å². The number of pyridine rings is 1. The first-order valence-electron chi connectivity index (χ1n) is 13.1. The number of aromatic nitrogens is 4. The van der Waals surface area contributed by atoms with Crippen LogP contribution in [0.2, 0.25) is 0 Å². The number of carboxylic acids is 1. The van der Waals surface area contributed by atoms with Gasteiger partial charge in [0.2, 0.25) is 0 Å². The van der Waals surface area contributed by atoms with Crippen molar-refractivity contribution in [1.29, 1.82) is 0 Å². The van der Waals surface area contributed by atoms with Crippen LogP contribution < -0.4 is 4.90 Å². The molecule has 4 aromatic rings. The standard InChI is InChI=1S/C28H32N6O3S/c1-4-32(5-2)18(3)8-9-24(35)19-15-22(30-26(16-19)33-12-11-23(33)28(36)37)20-17-29-34-13-10-21(31-27(20)34)25-7-6-14-38-25/h6-7,10,13-18,23H,4-5,8-9,11-12H2,1-3H3,(H,36,37)/t18-,23-/m0/s1. The lowest BCUT2D eigenvalue weighted by Crippen LogP contribution is -2.53. The third kappa shape index (κ3) is 5.06. The summed E-state index contributed by atoms with van der Waals surface area (Å²) in [5.41, 5.74) is 3.25. The fourth-order valence-electron chi connectivity index (χ4n) is 5.01. The molecule has 1 N–H and O–H groups in total. The SMILES string of the molecule is CCN(CC)[C@@H](C)CCC(=O)c1cc(-c2cnn3ccc(-c4cccs4)nc23)nc(N2CC[C@H]2C(=O)O)c1. The number of fused-ring (bicyclic) bond motifs is 1. The molecule has 0 spiro atoms. The molecule has 10 heteroatoms. The number of hydrogen-bond acceptors (Lipinski definition) is 8. The monoisotopic (exact) mass is 532 g/mol. The van der Waals surface area contributed by atoms with E-state index in [0.29, 0.717) is 53.7 Å². The van der Waals surface area contributed by atoms with Crippen LogP contribution in [0.15, 0.2) is 48.1 Å². The topological polar surface area (TPSA) is 104 Å². The van der Waals surface area contributed by atoms with E-state index in [1.807, 2.05) is 29.8 Å². The summed E-state index contributed by atoms with van der Waals surface area (Å²) in [5.74, 6) is -0.373. The Kier molecular flexibility index (Phi) is 7.53. The van der Waals surface area contributed by atoms with Crippen LogP contribution in [0, 0.1) is 0 Å². The third-order valence-corrected chi connectivity index (χ3v) is 8.27. The van der Waals surface area contributed by atoms with E-state index in [0.717, 1.165) is 30.1 Å². The van der Waals surface area contributed by atoms with Crippen molar-refractivity contribution in [3.8, 4) is 21.8 Å². The van der Waals surface area contributed by atoms with Gasteiger partial charge >= 0.3 is 5.97 Å². The molecule has 0 aliphatic carbocycles. The minimum Gasteiger partial charge on any atom is -0.480 e. The van der Waals surface area contributed by atoms with Crippen LogP contribution in [0.3, 0.4) is 0 Å². The van der Waals surface area contributed by atoms with Gasteiger partial charge in [0.15, 0.2) is 11.4 Å². The molecule has 0 radical (unpaired) electrons. The van der Waals surface area contributed by atoms with Gasteiger partial charge in [-0.15, -0.1) is 11.3 Å². The number of thiophene rings is 1. The van der Waals surface area contributed by atoms with E-state index < -0.39 is 12.0 Å². The first kappa shape index (κ1) is 26.0. The second kappa shape index (κ2) is 11.0. The molecular formula is C28H32N6O3S. The van der Waals surface area contributed by atoms with E-state index in [1.165, 1.54) is 0 Å². The van der Waals surface area contributed by atoms with Crippen molar-refractivity contribution in [3.05, 3.63) is 53.7 Å². The van der Waals surface area contributed by atoms with E-state index >= 15 is 0 Å². The molecule has 0 aromatic carbocycles. The molecule has 1 saturated heterocycles. The Morgan fingerprint density at radius 3 is 2.66 bits per heavy atom. The van der Waals surface area contributed by atoms with Gasteiger partial charge in [0.05, 0.1) is 28.0 Å². The number of anilines is 1. The normalized spacial score (nSPS) is 16.1. The van der Waals surface area contributed by atoms with Gasteiger partial charge in [0.25, 0.3) is 0 Å². The highest BCUT2D eigenvalue weighted by Crippen LogP contribution is 2.32. The largest absolute Gasteiger partial charge is 0.480 e. The van der Waals surface area contributed by atoms with E-state index in [1.54, 1.807) is 39.1 Å². The van der Waals surface area contributed by atoms with Gasteiger partial charge in [-0.05, 0) is 62.5 Å². The Balaban J connectivity index is 1.52. The van der Waals surface area contributed by atoms with Gasteiger partial charge in [0.1, 0.15) is 11.9 Å². The summed E-state index contributed by atoms with van der Waals surface area (Å²) >= 11 is 1.61. The van der Waals surface area contributed by atoms with Gasteiger partial charge in [-0.25, -0.2) is 19.3 Å². The number of nitrogens with zero attached hydrogens (tertiary/aromatic N) is 6. The third-order valence-electron chi connectivity index (χ3n) is 7.38. The maximum absolute atomic E-state index is 13.4. The van der Waals surface area contributed by atoms with Crippen LogP contribution in [0.5, 0.6) is 0 Å². The molecule has 9 nitrogen and oxygen atoms in total. The number of ketones is 1.